The lowest BCUT2D eigenvalue weighted by Crippen LogP contribution is -2.24. The quantitative estimate of drug-likeness (QED) is 0.376. The predicted octanol–water partition coefficient (Wildman–Crippen LogP) is 5.51. The maximum absolute atomic E-state index is 13.0. The van der Waals surface area contributed by atoms with E-state index in [0.717, 1.165) is 36.9 Å². The Labute approximate surface area is 140 Å². The highest BCUT2D eigenvalue weighted by atomic mass is 16.1. The summed E-state index contributed by atoms with van der Waals surface area (Å²) in [4.78, 5) is 15.1. The van der Waals surface area contributed by atoms with Gasteiger partial charge in [-0.05, 0) is 38.3 Å². The molecule has 2 nitrogen and oxygen atoms in total. The first-order chi connectivity index (χ1) is 11.1. The first kappa shape index (κ1) is 17.5. The van der Waals surface area contributed by atoms with Gasteiger partial charge in [-0.25, -0.2) is 0 Å². The third kappa shape index (κ3) is 4.13. The van der Waals surface area contributed by atoms with Crippen molar-refractivity contribution in [3.05, 3.63) is 54.3 Å². The summed E-state index contributed by atoms with van der Waals surface area (Å²) in [7, 11) is 2.02. The molecule has 1 unspecified atom stereocenters. The molecule has 1 atom stereocenters. The number of allylic oxidation sites excluding steroid dienone is 3. The Kier molecular flexibility index (Phi) is 6.20. The van der Waals surface area contributed by atoms with Gasteiger partial charge in [-0.1, -0.05) is 56.5 Å². The van der Waals surface area contributed by atoms with Crippen LogP contribution in [0.5, 0.6) is 0 Å². The lowest BCUT2D eigenvalue weighted by molar-refractivity contribution is -0.121. The van der Waals surface area contributed by atoms with Crippen molar-refractivity contribution in [1.29, 1.82) is 0 Å². The minimum atomic E-state index is -0.257. The van der Waals surface area contributed by atoms with Gasteiger partial charge in [0.15, 0.2) is 5.78 Å². The van der Waals surface area contributed by atoms with E-state index in [9.17, 15) is 4.79 Å². The molecule has 124 valence electrons. The molecular weight excluding hydrogens is 282 g/mol. The summed E-state index contributed by atoms with van der Waals surface area (Å²) in [6, 6.07) is 10.2. The maximum Gasteiger partial charge on any atom is 0.170 e. The third-order valence-electron chi connectivity index (χ3n) is 4.81. The molecule has 0 aliphatic heterocycles. The molecule has 0 spiro atoms. The number of anilines is 1. The van der Waals surface area contributed by atoms with Gasteiger partial charge in [-0.2, -0.15) is 0 Å². The smallest absolute Gasteiger partial charge is 0.170 e. The van der Waals surface area contributed by atoms with E-state index in [-0.39, 0.29) is 5.41 Å². The second-order valence-electron chi connectivity index (χ2n) is 6.54. The van der Waals surface area contributed by atoms with Crippen LogP contribution in [0.15, 0.2) is 54.3 Å². The van der Waals surface area contributed by atoms with Crippen molar-refractivity contribution < 1.29 is 4.79 Å². The van der Waals surface area contributed by atoms with E-state index in [0.29, 0.717) is 5.78 Å². The molecule has 1 fully saturated rings. The Balaban J connectivity index is 2.16. The van der Waals surface area contributed by atoms with Crippen LogP contribution in [0.1, 0.15) is 52.4 Å². The number of nitrogens with zero attached hydrogens (tertiary/aromatic N) is 1. The van der Waals surface area contributed by atoms with Gasteiger partial charge < -0.3 is 4.90 Å². The molecule has 1 aromatic carbocycles. The van der Waals surface area contributed by atoms with E-state index in [1.807, 2.05) is 44.4 Å². The number of hydrogen-bond acceptors (Lipinski definition) is 2. The standard InChI is InChI=1S/C21H29NO/c1-4-6-10-15-21(14-5-2)16-13-18(20(21)23)17-22(3)19-11-8-7-9-12-19/h5,7-9,11-12,14,17H,4,6,10,13,15-16H2,1-3H3. The van der Waals surface area contributed by atoms with Gasteiger partial charge in [-0.15, -0.1) is 0 Å². The second kappa shape index (κ2) is 8.14. The van der Waals surface area contributed by atoms with Crippen molar-refractivity contribution >= 4 is 11.5 Å². The molecule has 0 bridgehead atoms. The fraction of sp³-hybridized carbons (Fsp3) is 0.476. The van der Waals surface area contributed by atoms with Crippen molar-refractivity contribution in [2.24, 2.45) is 5.41 Å². The molecule has 2 heteroatoms. The zero-order valence-corrected chi connectivity index (χ0v) is 14.7. The predicted molar refractivity (Wildman–Crippen MR) is 98.6 cm³/mol. The number of para-hydroxylation sites is 1. The average molecular weight is 311 g/mol. The summed E-state index contributed by atoms with van der Waals surface area (Å²) in [5.74, 6) is 0.328. The van der Waals surface area contributed by atoms with Crippen molar-refractivity contribution in [1.82, 2.24) is 0 Å². The Bertz CT molecular complexity index is 573. The monoisotopic (exact) mass is 311 g/mol. The number of hydrogen-bond donors (Lipinski definition) is 0. The molecule has 0 radical (unpaired) electrons. The van der Waals surface area contributed by atoms with Crippen LogP contribution in [0.3, 0.4) is 0 Å². The maximum atomic E-state index is 13.0. The fourth-order valence-electron chi connectivity index (χ4n) is 3.49. The lowest BCUT2D eigenvalue weighted by atomic mass is 9.79. The zero-order valence-electron chi connectivity index (χ0n) is 14.7. The minimum Gasteiger partial charge on any atom is -0.351 e. The summed E-state index contributed by atoms with van der Waals surface area (Å²) < 4.78 is 0. The molecule has 0 saturated heterocycles. The minimum absolute atomic E-state index is 0.257. The molecule has 23 heavy (non-hydrogen) atoms. The Morgan fingerprint density at radius 3 is 2.61 bits per heavy atom. The molecule has 1 saturated carbocycles. The number of ketones is 1. The van der Waals surface area contributed by atoms with Crippen LogP contribution in [-0.2, 0) is 4.79 Å². The van der Waals surface area contributed by atoms with Crippen LogP contribution >= 0.6 is 0 Å². The summed E-state index contributed by atoms with van der Waals surface area (Å²) in [5.41, 5.74) is 1.82. The summed E-state index contributed by atoms with van der Waals surface area (Å²) in [6.45, 7) is 4.23. The van der Waals surface area contributed by atoms with Gasteiger partial charge in [0.2, 0.25) is 0 Å². The van der Waals surface area contributed by atoms with E-state index in [4.69, 9.17) is 0 Å². The number of carbonyl (C=O) groups excluding carboxylic acids is 1. The molecule has 0 amide bonds. The summed E-state index contributed by atoms with van der Waals surface area (Å²) in [5, 5.41) is 0. The van der Waals surface area contributed by atoms with Gasteiger partial charge in [0.05, 0.1) is 5.41 Å². The van der Waals surface area contributed by atoms with Gasteiger partial charge in [0, 0.05) is 24.5 Å². The molecule has 2 rings (SSSR count). The molecule has 1 aromatic rings. The van der Waals surface area contributed by atoms with E-state index < -0.39 is 0 Å². The molecule has 0 heterocycles. The highest BCUT2D eigenvalue weighted by Gasteiger charge is 2.42. The van der Waals surface area contributed by atoms with Crippen LogP contribution < -0.4 is 4.90 Å². The first-order valence-electron chi connectivity index (χ1n) is 8.80. The van der Waals surface area contributed by atoms with Crippen LogP contribution in [0.25, 0.3) is 0 Å². The summed E-state index contributed by atoms with van der Waals surface area (Å²) in [6.07, 6.45) is 12.6. The average Bonchev–Trinajstić information content (AvgIpc) is 2.86. The van der Waals surface area contributed by atoms with Crippen molar-refractivity contribution in [2.45, 2.75) is 52.4 Å². The second-order valence-corrected chi connectivity index (χ2v) is 6.54. The van der Waals surface area contributed by atoms with Gasteiger partial charge in [0.25, 0.3) is 0 Å². The number of Topliss-reactive ketones (excluding diaryl/α,β-unsaturated/α-hetero) is 1. The molecule has 1 aliphatic carbocycles. The molecule has 1 aliphatic rings. The number of unbranched alkanes of at least 4 members (excludes halogenated alkanes) is 2. The molecule has 0 aromatic heterocycles. The van der Waals surface area contributed by atoms with Crippen molar-refractivity contribution in [3.8, 4) is 0 Å². The van der Waals surface area contributed by atoms with Crippen LogP contribution in [0, 0.1) is 5.41 Å². The number of benzene rings is 1. The fourth-order valence-corrected chi connectivity index (χ4v) is 3.49. The Hall–Kier alpha value is -1.83. The summed E-state index contributed by atoms with van der Waals surface area (Å²) >= 11 is 0. The SMILES string of the molecule is CC=CC1(CCCCC)CCC(=CN(C)c2ccccc2)C1=O. The Morgan fingerprint density at radius 1 is 1.22 bits per heavy atom. The number of carbonyl (C=O) groups is 1. The molecule has 0 N–H and O–H groups in total. The molecular formula is C21H29NO. The lowest BCUT2D eigenvalue weighted by Gasteiger charge is -2.23. The van der Waals surface area contributed by atoms with Crippen LogP contribution in [-0.4, -0.2) is 12.8 Å². The van der Waals surface area contributed by atoms with Crippen LogP contribution in [0.4, 0.5) is 5.69 Å². The zero-order chi connectivity index (χ0) is 16.7. The first-order valence-corrected chi connectivity index (χ1v) is 8.80. The van der Waals surface area contributed by atoms with Crippen molar-refractivity contribution in [3.63, 3.8) is 0 Å². The van der Waals surface area contributed by atoms with E-state index in [2.05, 4.69) is 30.0 Å². The largest absolute Gasteiger partial charge is 0.351 e. The normalized spacial score (nSPS) is 23.1. The topological polar surface area (TPSA) is 20.3 Å². The highest BCUT2D eigenvalue weighted by Crippen LogP contribution is 2.43. The van der Waals surface area contributed by atoms with E-state index in [1.165, 1.54) is 12.8 Å². The van der Waals surface area contributed by atoms with E-state index in [1.54, 1.807) is 0 Å². The van der Waals surface area contributed by atoms with E-state index >= 15 is 0 Å². The van der Waals surface area contributed by atoms with Crippen molar-refractivity contribution in [2.75, 3.05) is 11.9 Å². The van der Waals surface area contributed by atoms with Gasteiger partial charge >= 0.3 is 0 Å². The number of rotatable bonds is 7. The van der Waals surface area contributed by atoms with Gasteiger partial charge in [0.1, 0.15) is 0 Å². The van der Waals surface area contributed by atoms with Gasteiger partial charge in [-0.3, -0.25) is 4.79 Å². The highest BCUT2D eigenvalue weighted by molar-refractivity contribution is 6.03. The third-order valence-corrected chi connectivity index (χ3v) is 4.81. The Morgan fingerprint density at radius 2 is 1.96 bits per heavy atom. The van der Waals surface area contributed by atoms with Crippen LogP contribution in [0.2, 0.25) is 0 Å².